The van der Waals surface area contributed by atoms with Crippen LogP contribution >= 0.6 is 0 Å². The van der Waals surface area contributed by atoms with Gasteiger partial charge in [0.25, 0.3) is 0 Å². The number of aromatic amines is 1. The van der Waals surface area contributed by atoms with Gasteiger partial charge in [0.05, 0.1) is 0 Å². The summed E-state index contributed by atoms with van der Waals surface area (Å²) < 4.78 is 1.77. The van der Waals surface area contributed by atoms with Gasteiger partial charge in [0, 0.05) is 35.1 Å². The Labute approximate surface area is 102 Å². The maximum absolute atomic E-state index is 4.29. The molecule has 0 aliphatic heterocycles. The Hall–Kier alpha value is -2.69. The van der Waals surface area contributed by atoms with Gasteiger partial charge in [0.15, 0.2) is 5.65 Å². The summed E-state index contributed by atoms with van der Waals surface area (Å²) in [5.41, 5.74) is 3.95. The Morgan fingerprint density at radius 3 is 3.11 bits per heavy atom. The molecule has 0 aliphatic carbocycles. The second-order valence-electron chi connectivity index (χ2n) is 4.08. The summed E-state index contributed by atoms with van der Waals surface area (Å²) in [5.74, 6) is 0. The first-order valence-corrected chi connectivity index (χ1v) is 5.64. The van der Waals surface area contributed by atoms with Crippen LogP contribution in [0.15, 0.2) is 49.2 Å². The fourth-order valence-corrected chi connectivity index (χ4v) is 2.17. The van der Waals surface area contributed by atoms with Crippen LogP contribution in [0.4, 0.5) is 0 Å². The summed E-state index contributed by atoms with van der Waals surface area (Å²) in [5, 5.41) is 5.26. The first-order valence-electron chi connectivity index (χ1n) is 5.64. The maximum atomic E-state index is 4.29. The molecule has 0 aliphatic rings. The van der Waals surface area contributed by atoms with Crippen molar-refractivity contribution in [3.63, 3.8) is 0 Å². The summed E-state index contributed by atoms with van der Waals surface area (Å²) in [4.78, 5) is 11.6. The van der Waals surface area contributed by atoms with Crippen LogP contribution in [0.1, 0.15) is 0 Å². The van der Waals surface area contributed by atoms with Crippen LogP contribution in [0.25, 0.3) is 27.8 Å². The molecule has 4 aromatic rings. The lowest BCUT2D eigenvalue weighted by Crippen LogP contribution is -1.87. The molecule has 5 nitrogen and oxygen atoms in total. The highest BCUT2D eigenvalue weighted by molar-refractivity contribution is 5.93. The summed E-state index contributed by atoms with van der Waals surface area (Å²) in [6.45, 7) is 0. The molecule has 0 radical (unpaired) electrons. The van der Waals surface area contributed by atoms with Crippen LogP contribution in [-0.2, 0) is 0 Å². The van der Waals surface area contributed by atoms with Crippen LogP contribution < -0.4 is 0 Å². The van der Waals surface area contributed by atoms with Crippen molar-refractivity contribution in [2.45, 2.75) is 0 Å². The second-order valence-corrected chi connectivity index (χ2v) is 4.08. The van der Waals surface area contributed by atoms with Crippen molar-refractivity contribution in [1.82, 2.24) is 24.6 Å². The van der Waals surface area contributed by atoms with E-state index in [0.717, 1.165) is 27.8 Å². The van der Waals surface area contributed by atoms with Gasteiger partial charge in [-0.15, -0.1) is 0 Å². The molecular formula is C13H9N5. The summed E-state index contributed by atoms with van der Waals surface area (Å²) in [7, 11) is 0. The molecule has 4 aromatic heterocycles. The van der Waals surface area contributed by atoms with Gasteiger partial charge in [-0.3, -0.25) is 0 Å². The lowest BCUT2D eigenvalue weighted by Gasteiger charge is -1.99. The highest BCUT2D eigenvalue weighted by atomic mass is 15.3. The standard InChI is InChI=1S/C13H9N5/c1-2-10-11(6-15-13(10)14-5-1)9-3-4-12-16-8-17-18(12)7-9/h1-8H,(H,14,15). The molecule has 0 saturated carbocycles. The third-order valence-corrected chi connectivity index (χ3v) is 3.04. The first kappa shape index (κ1) is 9.35. The summed E-state index contributed by atoms with van der Waals surface area (Å²) in [6, 6.07) is 7.99. The van der Waals surface area contributed by atoms with E-state index < -0.39 is 0 Å². The van der Waals surface area contributed by atoms with E-state index in [0.29, 0.717) is 0 Å². The number of nitrogens with zero attached hydrogens (tertiary/aromatic N) is 4. The fraction of sp³-hybridized carbons (Fsp3) is 0. The molecule has 86 valence electrons. The van der Waals surface area contributed by atoms with Gasteiger partial charge < -0.3 is 4.98 Å². The molecule has 0 aromatic carbocycles. The number of H-pyrrole nitrogens is 1. The maximum Gasteiger partial charge on any atom is 0.155 e. The Morgan fingerprint density at radius 1 is 1.11 bits per heavy atom. The van der Waals surface area contributed by atoms with Gasteiger partial charge in [0.1, 0.15) is 12.0 Å². The van der Waals surface area contributed by atoms with Crippen LogP contribution in [0, 0.1) is 0 Å². The van der Waals surface area contributed by atoms with Crippen molar-refractivity contribution in [3.05, 3.63) is 49.2 Å². The number of pyridine rings is 2. The third kappa shape index (κ3) is 1.24. The van der Waals surface area contributed by atoms with E-state index >= 15 is 0 Å². The van der Waals surface area contributed by atoms with E-state index in [9.17, 15) is 0 Å². The monoisotopic (exact) mass is 235 g/mol. The Bertz CT molecular complexity index is 842. The number of hydrogen-bond donors (Lipinski definition) is 1. The molecule has 0 saturated heterocycles. The molecular weight excluding hydrogens is 226 g/mol. The quantitative estimate of drug-likeness (QED) is 0.550. The van der Waals surface area contributed by atoms with E-state index in [1.807, 2.05) is 30.6 Å². The van der Waals surface area contributed by atoms with Gasteiger partial charge in [-0.1, -0.05) is 0 Å². The predicted octanol–water partition coefficient (Wildman–Crippen LogP) is 2.27. The van der Waals surface area contributed by atoms with Crippen molar-refractivity contribution in [2.75, 3.05) is 0 Å². The topological polar surface area (TPSA) is 58.9 Å². The Morgan fingerprint density at radius 2 is 2.11 bits per heavy atom. The zero-order chi connectivity index (χ0) is 11.9. The van der Waals surface area contributed by atoms with Gasteiger partial charge in [0.2, 0.25) is 0 Å². The van der Waals surface area contributed by atoms with Crippen LogP contribution in [0.5, 0.6) is 0 Å². The molecule has 0 atom stereocenters. The zero-order valence-electron chi connectivity index (χ0n) is 9.41. The zero-order valence-corrected chi connectivity index (χ0v) is 9.41. The van der Waals surface area contributed by atoms with Gasteiger partial charge >= 0.3 is 0 Å². The van der Waals surface area contributed by atoms with Crippen molar-refractivity contribution >= 4 is 16.7 Å². The highest BCUT2D eigenvalue weighted by Gasteiger charge is 2.07. The van der Waals surface area contributed by atoms with Gasteiger partial charge in [-0.2, -0.15) is 5.10 Å². The van der Waals surface area contributed by atoms with Crippen molar-refractivity contribution in [3.8, 4) is 11.1 Å². The van der Waals surface area contributed by atoms with E-state index in [1.165, 1.54) is 0 Å². The lowest BCUT2D eigenvalue weighted by atomic mass is 10.1. The minimum absolute atomic E-state index is 0.844. The molecule has 5 heteroatoms. The fourth-order valence-electron chi connectivity index (χ4n) is 2.17. The molecule has 0 fully saturated rings. The smallest absolute Gasteiger partial charge is 0.155 e. The van der Waals surface area contributed by atoms with E-state index in [1.54, 1.807) is 17.0 Å². The Kier molecular flexibility index (Phi) is 1.77. The summed E-state index contributed by atoms with van der Waals surface area (Å²) >= 11 is 0. The van der Waals surface area contributed by atoms with Crippen LogP contribution in [0.3, 0.4) is 0 Å². The first-order chi connectivity index (χ1) is 8.92. The van der Waals surface area contributed by atoms with Crippen LogP contribution in [-0.4, -0.2) is 24.6 Å². The summed E-state index contributed by atoms with van der Waals surface area (Å²) in [6.07, 6.45) is 7.27. The molecule has 4 heterocycles. The van der Waals surface area contributed by atoms with E-state index in [2.05, 4.69) is 26.1 Å². The van der Waals surface area contributed by atoms with E-state index in [4.69, 9.17) is 0 Å². The minimum Gasteiger partial charge on any atom is -0.346 e. The molecule has 4 rings (SSSR count). The molecule has 1 N–H and O–H groups in total. The van der Waals surface area contributed by atoms with E-state index in [-0.39, 0.29) is 0 Å². The van der Waals surface area contributed by atoms with Crippen LogP contribution in [0.2, 0.25) is 0 Å². The molecule has 18 heavy (non-hydrogen) atoms. The predicted molar refractivity (Wildman–Crippen MR) is 68.1 cm³/mol. The number of rotatable bonds is 1. The number of fused-ring (bicyclic) bond motifs is 2. The van der Waals surface area contributed by atoms with Crippen molar-refractivity contribution < 1.29 is 0 Å². The van der Waals surface area contributed by atoms with Gasteiger partial charge in [-0.25, -0.2) is 14.5 Å². The minimum atomic E-state index is 0.844. The average Bonchev–Trinajstić information content (AvgIpc) is 3.04. The Balaban J connectivity index is 2.00. The molecule has 0 bridgehead atoms. The largest absolute Gasteiger partial charge is 0.346 e. The van der Waals surface area contributed by atoms with Gasteiger partial charge in [-0.05, 0) is 24.3 Å². The second kappa shape index (κ2) is 3.40. The highest BCUT2D eigenvalue weighted by Crippen LogP contribution is 2.27. The SMILES string of the molecule is c1cnc2[nH]cc(-c3ccc4ncnn4c3)c2c1. The lowest BCUT2D eigenvalue weighted by molar-refractivity contribution is 0.963. The van der Waals surface area contributed by atoms with Crippen molar-refractivity contribution in [1.29, 1.82) is 0 Å². The number of aromatic nitrogens is 5. The van der Waals surface area contributed by atoms with Crippen molar-refractivity contribution in [2.24, 2.45) is 0 Å². The average molecular weight is 235 g/mol. The molecule has 0 spiro atoms. The number of hydrogen-bond acceptors (Lipinski definition) is 3. The molecule has 0 amide bonds. The number of nitrogens with one attached hydrogen (secondary N) is 1. The normalized spacial score (nSPS) is 11.3. The molecule has 0 unspecified atom stereocenters. The third-order valence-electron chi connectivity index (χ3n) is 3.04.